The summed E-state index contributed by atoms with van der Waals surface area (Å²) in [6.07, 6.45) is 7.24. The van der Waals surface area contributed by atoms with Crippen LogP contribution in [0.25, 0.3) is 0 Å². The number of amidine groups is 1. The molecule has 1 fully saturated rings. The fourth-order valence-electron chi connectivity index (χ4n) is 3.40. The Morgan fingerprint density at radius 3 is 2.14 bits per heavy atom. The van der Waals surface area contributed by atoms with E-state index in [1.807, 2.05) is 13.8 Å². The third kappa shape index (κ3) is 4.11. The van der Waals surface area contributed by atoms with Gasteiger partial charge in [0.05, 0.1) is 0 Å². The van der Waals surface area contributed by atoms with Crippen LogP contribution in [0.15, 0.2) is 5.16 Å². The minimum absolute atomic E-state index is 0.0136. The van der Waals surface area contributed by atoms with Crippen LogP contribution in [-0.4, -0.2) is 23.5 Å². The normalized spacial score (nSPS) is 23.9. The standard InChI is InChI=1S/C16H31N3O2/c1-4-12-7-9-13(10-8-12)11-18-15(20)16(5-2,6-3)14(17)19-21/h12-13,21H,4-11H2,1-3H3,(H2,17,19)(H,18,20). The lowest BCUT2D eigenvalue weighted by atomic mass is 9.79. The maximum absolute atomic E-state index is 12.5. The Morgan fingerprint density at radius 2 is 1.71 bits per heavy atom. The molecule has 1 rings (SSSR count). The van der Waals surface area contributed by atoms with Gasteiger partial charge in [-0.05, 0) is 37.5 Å². The lowest BCUT2D eigenvalue weighted by Crippen LogP contribution is -2.50. The van der Waals surface area contributed by atoms with Gasteiger partial charge in [0.1, 0.15) is 5.41 Å². The molecular weight excluding hydrogens is 266 g/mol. The number of nitrogens with zero attached hydrogens (tertiary/aromatic N) is 1. The molecule has 1 aliphatic rings. The summed E-state index contributed by atoms with van der Waals surface area (Å²) in [7, 11) is 0. The molecule has 4 N–H and O–H groups in total. The molecule has 0 atom stereocenters. The average Bonchev–Trinajstić information content (AvgIpc) is 2.54. The minimum Gasteiger partial charge on any atom is -0.409 e. The molecule has 0 heterocycles. The summed E-state index contributed by atoms with van der Waals surface area (Å²) in [6, 6.07) is 0. The highest BCUT2D eigenvalue weighted by molar-refractivity contribution is 6.06. The zero-order valence-electron chi connectivity index (χ0n) is 13.7. The predicted octanol–water partition coefficient (Wildman–Crippen LogP) is 2.87. The molecule has 0 radical (unpaired) electrons. The van der Waals surface area contributed by atoms with Crippen LogP contribution >= 0.6 is 0 Å². The Kier molecular flexibility index (Phi) is 6.99. The fraction of sp³-hybridized carbons (Fsp3) is 0.875. The number of hydrogen-bond acceptors (Lipinski definition) is 3. The maximum Gasteiger partial charge on any atom is 0.233 e. The van der Waals surface area contributed by atoms with Crippen molar-refractivity contribution in [1.29, 1.82) is 0 Å². The number of nitrogens with one attached hydrogen (secondary N) is 1. The van der Waals surface area contributed by atoms with Crippen molar-refractivity contribution in [2.75, 3.05) is 6.54 Å². The van der Waals surface area contributed by atoms with Gasteiger partial charge < -0.3 is 16.3 Å². The van der Waals surface area contributed by atoms with Crippen molar-refractivity contribution in [2.24, 2.45) is 28.1 Å². The summed E-state index contributed by atoms with van der Waals surface area (Å²) in [5.74, 6) is 1.33. The molecule has 122 valence electrons. The number of amides is 1. The first-order valence-electron chi connectivity index (χ1n) is 8.30. The number of nitrogens with two attached hydrogens (primary N) is 1. The summed E-state index contributed by atoms with van der Waals surface area (Å²) in [5, 5.41) is 15.0. The molecule has 1 aliphatic carbocycles. The van der Waals surface area contributed by atoms with Crippen molar-refractivity contribution < 1.29 is 10.0 Å². The highest BCUT2D eigenvalue weighted by Gasteiger charge is 2.39. The lowest BCUT2D eigenvalue weighted by molar-refractivity contribution is -0.128. The van der Waals surface area contributed by atoms with E-state index >= 15 is 0 Å². The van der Waals surface area contributed by atoms with Crippen molar-refractivity contribution in [3.05, 3.63) is 0 Å². The molecule has 5 nitrogen and oxygen atoms in total. The highest BCUT2D eigenvalue weighted by atomic mass is 16.4. The zero-order chi connectivity index (χ0) is 15.9. The van der Waals surface area contributed by atoms with Crippen LogP contribution in [0.5, 0.6) is 0 Å². The van der Waals surface area contributed by atoms with Crippen molar-refractivity contribution in [1.82, 2.24) is 5.32 Å². The molecule has 5 heteroatoms. The van der Waals surface area contributed by atoms with Crippen LogP contribution in [-0.2, 0) is 4.79 Å². The number of oxime groups is 1. The van der Waals surface area contributed by atoms with Crippen LogP contribution < -0.4 is 11.1 Å². The van der Waals surface area contributed by atoms with Gasteiger partial charge in [0.2, 0.25) is 5.91 Å². The minimum atomic E-state index is -0.880. The number of carbonyl (C=O) groups is 1. The predicted molar refractivity (Wildman–Crippen MR) is 85.2 cm³/mol. The van der Waals surface area contributed by atoms with Gasteiger partial charge in [0.25, 0.3) is 0 Å². The van der Waals surface area contributed by atoms with Crippen molar-refractivity contribution >= 4 is 11.7 Å². The van der Waals surface area contributed by atoms with Gasteiger partial charge in [-0.3, -0.25) is 4.79 Å². The zero-order valence-corrected chi connectivity index (χ0v) is 13.7. The van der Waals surface area contributed by atoms with Gasteiger partial charge in [-0.25, -0.2) is 0 Å². The summed E-state index contributed by atoms with van der Waals surface area (Å²) in [5.41, 5.74) is 4.88. The molecule has 21 heavy (non-hydrogen) atoms. The highest BCUT2D eigenvalue weighted by Crippen LogP contribution is 2.31. The summed E-state index contributed by atoms with van der Waals surface area (Å²) < 4.78 is 0. The largest absolute Gasteiger partial charge is 0.409 e. The molecular formula is C16H31N3O2. The van der Waals surface area contributed by atoms with Gasteiger partial charge in [-0.15, -0.1) is 0 Å². The second kappa shape index (κ2) is 8.25. The van der Waals surface area contributed by atoms with E-state index in [0.29, 0.717) is 25.3 Å². The van der Waals surface area contributed by atoms with Crippen LogP contribution in [0.1, 0.15) is 65.7 Å². The topological polar surface area (TPSA) is 87.7 Å². The van der Waals surface area contributed by atoms with Crippen LogP contribution in [0, 0.1) is 17.3 Å². The summed E-state index contributed by atoms with van der Waals surface area (Å²) in [6.45, 7) is 6.75. The maximum atomic E-state index is 12.5. The first-order chi connectivity index (χ1) is 10.0. The van der Waals surface area contributed by atoms with E-state index in [-0.39, 0.29) is 11.7 Å². The van der Waals surface area contributed by atoms with Crippen LogP contribution in [0.3, 0.4) is 0 Å². The molecule has 0 unspecified atom stereocenters. The van der Waals surface area contributed by atoms with Gasteiger partial charge in [0, 0.05) is 6.54 Å². The monoisotopic (exact) mass is 297 g/mol. The molecule has 0 aromatic rings. The molecule has 0 spiro atoms. The van der Waals surface area contributed by atoms with Gasteiger partial charge in [-0.2, -0.15) is 0 Å². The molecule has 0 aromatic carbocycles. The molecule has 1 saturated carbocycles. The Balaban J connectivity index is 2.55. The van der Waals surface area contributed by atoms with E-state index < -0.39 is 5.41 Å². The molecule has 0 bridgehead atoms. The van der Waals surface area contributed by atoms with Crippen molar-refractivity contribution in [3.63, 3.8) is 0 Å². The van der Waals surface area contributed by atoms with Gasteiger partial charge in [0.15, 0.2) is 5.84 Å². The molecule has 1 amide bonds. The Hall–Kier alpha value is -1.26. The SMILES string of the molecule is CCC1CCC(CNC(=O)C(CC)(CC)C(N)=NO)CC1. The lowest BCUT2D eigenvalue weighted by Gasteiger charge is -2.31. The first-order valence-corrected chi connectivity index (χ1v) is 8.30. The number of rotatable bonds is 7. The molecule has 0 aliphatic heterocycles. The van der Waals surface area contributed by atoms with Gasteiger partial charge in [-0.1, -0.05) is 45.2 Å². The molecule has 0 saturated heterocycles. The molecule has 0 aromatic heterocycles. The second-order valence-electron chi connectivity index (χ2n) is 6.28. The van der Waals surface area contributed by atoms with Crippen molar-refractivity contribution in [2.45, 2.75) is 65.7 Å². The van der Waals surface area contributed by atoms with E-state index in [9.17, 15) is 4.79 Å². The van der Waals surface area contributed by atoms with Gasteiger partial charge >= 0.3 is 0 Å². The van der Waals surface area contributed by atoms with E-state index in [0.717, 1.165) is 5.92 Å². The fourth-order valence-corrected chi connectivity index (χ4v) is 3.40. The van der Waals surface area contributed by atoms with Crippen molar-refractivity contribution in [3.8, 4) is 0 Å². The quantitative estimate of drug-likeness (QED) is 0.292. The van der Waals surface area contributed by atoms with E-state index in [1.54, 1.807) is 0 Å². The smallest absolute Gasteiger partial charge is 0.233 e. The Morgan fingerprint density at radius 1 is 1.19 bits per heavy atom. The number of carbonyl (C=O) groups excluding carboxylic acids is 1. The third-order valence-corrected chi connectivity index (χ3v) is 5.33. The van der Waals surface area contributed by atoms with Crippen LogP contribution in [0.2, 0.25) is 0 Å². The average molecular weight is 297 g/mol. The Labute approximate surface area is 128 Å². The van der Waals surface area contributed by atoms with E-state index in [1.165, 1.54) is 32.1 Å². The Bertz CT molecular complexity index is 357. The van der Waals surface area contributed by atoms with E-state index in [2.05, 4.69) is 17.4 Å². The first kappa shape index (κ1) is 17.8. The summed E-state index contributed by atoms with van der Waals surface area (Å²) >= 11 is 0. The van der Waals surface area contributed by atoms with Crippen LogP contribution in [0.4, 0.5) is 0 Å². The number of hydrogen-bond donors (Lipinski definition) is 3. The summed E-state index contributed by atoms with van der Waals surface area (Å²) in [4.78, 5) is 12.5. The third-order valence-electron chi connectivity index (χ3n) is 5.33. The van der Waals surface area contributed by atoms with E-state index in [4.69, 9.17) is 10.9 Å². The second-order valence-corrected chi connectivity index (χ2v) is 6.28.